The predicted molar refractivity (Wildman–Crippen MR) is 172 cm³/mol. The number of allylic oxidation sites excluding steroid dienone is 2. The topological polar surface area (TPSA) is 35.5 Å². The summed E-state index contributed by atoms with van der Waals surface area (Å²) in [6, 6.07) is 0. The van der Waals surface area contributed by atoms with Crippen LogP contribution < -0.4 is 0 Å². The Morgan fingerprint density at radius 2 is 1.69 bits per heavy atom. The number of ether oxygens (including phenoxy) is 2. The average Bonchev–Trinajstić information content (AvgIpc) is 3.52. The number of rotatable bonds is 8. The van der Waals surface area contributed by atoms with E-state index in [2.05, 4.69) is 61.5 Å². The first kappa shape index (κ1) is 31.2. The maximum atomic E-state index is 12.9. The Balaban J connectivity index is 1.10. The van der Waals surface area contributed by atoms with Crippen LogP contribution in [0.3, 0.4) is 0 Å². The van der Waals surface area contributed by atoms with E-state index < -0.39 is 0 Å². The van der Waals surface area contributed by atoms with Crippen molar-refractivity contribution in [3.05, 3.63) is 11.6 Å². The van der Waals surface area contributed by atoms with Crippen LogP contribution in [-0.2, 0) is 14.3 Å². The van der Waals surface area contributed by atoms with Crippen LogP contribution in [-0.4, -0.2) is 18.4 Å². The monoisotopic (exact) mass is 580 g/mol. The molecule has 5 fully saturated rings. The van der Waals surface area contributed by atoms with Crippen LogP contribution >= 0.6 is 0 Å². The van der Waals surface area contributed by atoms with Crippen LogP contribution in [0.25, 0.3) is 0 Å². The van der Waals surface area contributed by atoms with E-state index in [4.69, 9.17) is 9.47 Å². The molecular formula is C39H64O3. The van der Waals surface area contributed by atoms with Gasteiger partial charge < -0.3 is 9.47 Å². The summed E-state index contributed by atoms with van der Waals surface area (Å²) in [6.07, 6.45) is 19.5. The normalized spacial score (nSPS) is 48.0. The highest BCUT2D eigenvalue weighted by Gasteiger charge is 2.58. The molecule has 42 heavy (non-hydrogen) atoms. The molecule has 6 aliphatic rings. The minimum atomic E-state index is -0.339. The summed E-state index contributed by atoms with van der Waals surface area (Å²) >= 11 is 0. The first-order valence-corrected chi connectivity index (χ1v) is 18.5. The molecule has 238 valence electrons. The minimum absolute atomic E-state index is 0.0125. The molecule has 14 unspecified atom stereocenters. The maximum Gasteiger partial charge on any atom is 0.311 e. The smallest absolute Gasteiger partial charge is 0.311 e. The van der Waals surface area contributed by atoms with Crippen LogP contribution in [0.15, 0.2) is 11.6 Å². The summed E-state index contributed by atoms with van der Waals surface area (Å²) in [5.41, 5.74) is 2.78. The summed E-state index contributed by atoms with van der Waals surface area (Å²) < 4.78 is 12.7. The molecule has 0 radical (unpaired) electrons. The fourth-order valence-corrected chi connectivity index (χ4v) is 12.3. The number of esters is 1. The Bertz CT molecular complexity index is 1020. The van der Waals surface area contributed by atoms with Crippen LogP contribution in [0.4, 0.5) is 0 Å². The molecule has 1 aliphatic heterocycles. The van der Waals surface area contributed by atoms with Gasteiger partial charge in [-0.2, -0.15) is 0 Å². The van der Waals surface area contributed by atoms with Crippen molar-refractivity contribution in [2.45, 2.75) is 151 Å². The molecule has 4 saturated carbocycles. The Labute approximate surface area is 258 Å². The lowest BCUT2D eigenvalue weighted by Gasteiger charge is -2.58. The molecule has 1 saturated heterocycles. The first-order chi connectivity index (χ1) is 20.0. The fraction of sp³-hybridized carbons (Fsp3) is 0.923. The predicted octanol–water partition coefficient (Wildman–Crippen LogP) is 10.2. The standard InChI is InChI=1S/C39H64O3/c1-9-27(23(2)3)12-10-24(4)32-16-17-33-31-15-13-28-22-29(18-20-38(28,7)34(31)19-21-39(32,33)8)41-37-26(6)30-14-11-25(5)35(30)36(40)42-37/h15,23-30,32-35,37H,9-14,16-22H2,1-8H3. The zero-order valence-corrected chi connectivity index (χ0v) is 28.5. The molecule has 6 rings (SSSR count). The van der Waals surface area contributed by atoms with Crippen LogP contribution in [0.5, 0.6) is 0 Å². The van der Waals surface area contributed by atoms with Gasteiger partial charge in [-0.3, -0.25) is 4.79 Å². The number of hydrogen-bond donors (Lipinski definition) is 0. The summed E-state index contributed by atoms with van der Waals surface area (Å²) in [5, 5.41) is 0. The quantitative estimate of drug-likeness (QED) is 0.212. The SMILES string of the molecule is CCC(CCC(C)C1CCC2C3=CCC4CC(OC5OC(=O)C6C(C)CCC6C5C)CCC4(C)C3CCC21C)C(C)C. The number of carbonyl (C=O) groups is 1. The van der Waals surface area contributed by atoms with Crippen LogP contribution in [0.1, 0.15) is 139 Å². The third-order valence-electron chi connectivity index (χ3n) is 15.2. The molecule has 0 aromatic carbocycles. The lowest BCUT2D eigenvalue weighted by Crippen LogP contribution is -2.51. The second-order valence-electron chi connectivity index (χ2n) is 17.4. The molecule has 0 bridgehead atoms. The van der Waals surface area contributed by atoms with Gasteiger partial charge in [-0.1, -0.05) is 79.9 Å². The highest BCUT2D eigenvalue weighted by molar-refractivity contribution is 5.74. The van der Waals surface area contributed by atoms with Crippen LogP contribution in [0.2, 0.25) is 0 Å². The van der Waals surface area contributed by atoms with Gasteiger partial charge in [-0.15, -0.1) is 0 Å². The van der Waals surface area contributed by atoms with E-state index in [1.54, 1.807) is 0 Å². The van der Waals surface area contributed by atoms with E-state index >= 15 is 0 Å². The van der Waals surface area contributed by atoms with Crippen molar-refractivity contribution in [1.82, 2.24) is 0 Å². The molecule has 0 N–H and O–H groups in total. The van der Waals surface area contributed by atoms with Gasteiger partial charge in [-0.05, 0) is 135 Å². The van der Waals surface area contributed by atoms with Crippen molar-refractivity contribution in [2.75, 3.05) is 0 Å². The molecule has 0 amide bonds. The largest absolute Gasteiger partial charge is 0.435 e. The molecule has 3 nitrogen and oxygen atoms in total. The summed E-state index contributed by atoms with van der Waals surface area (Å²) in [5.74, 6) is 7.05. The zero-order chi connectivity index (χ0) is 30.0. The second kappa shape index (κ2) is 11.8. The van der Waals surface area contributed by atoms with Crippen molar-refractivity contribution in [3.8, 4) is 0 Å². The minimum Gasteiger partial charge on any atom is -0.435 e. The zero-order valence-electron chi connectivity index (χ0n) is 28.5. The van der Waals surface area contributed by atoms with Crippen molar-refractivity contribution >= 4 is 5.97 Å². The first-order valence-electron chi connectivity index (χ1n) is 18.5. The van der Waals surface area contributed by atoms with Gasteiger partial charge in [-0.25, -0.2) is 0 Å². The molecule has 0 spiro atoms. The van der Waals surface area contributed by atoms with Gasteiger partial charge in [0.2, 0.25) is 6.29 Å². The molecule has 3 heteroatoms. The van der Waals surface area contributed by atoms with Crippen molar-refractivity contribution < 1.29 is 14.3 Å². The van der Waals surface area contributed by atoms with Crippen molar-refractivity contribution in [3.63, 3.8) is 0 Å². The third kappa shape index (κ3) is 5.16. The highest BCUT2D eigenvalue weighted by Crippen LogP contribution is 2.67. The van der Waals surface area contributed by atoms with Gasteiger partial charge in [0.25, 0.3) is 0 Å². The molecule has 1 heterocycles. The van der Waals surface area contributed by atoms with Gasteiger partial charge in [0, 0.05) is 5.92 Å². The third-order valence-corrected chi connectivity index (χ3v) is 15.2. The van der Waals surface area contributed by atoms with Crippen molar-refractivity contribution in [1.29, 1.82) is 0 Å². The molecular weight excluding hydrogens is 516 g/mol. The molecule has 0 aromatic rings. The average molecular weight is 581 g/mol. The Kier molecular flexibility index (Phi) is 8.78. The summed E-state index contributed by atoms with van der Waals surface area (Å²) in [7, 11) is 0. The Morgan fingerprint density at radius 3 is 2.43 bits per heavy atom. The van der Waals surface area contributed by atoms with Gasteiger partial charge in [0.15, 0.2) is 0 Å². The van der Waals surface area contributed by atoms with E-state index in [0.717, 1.165) is 61.2 Å². The maximum absolute atomic E-state index is 12.9. The van der Waals surface area contributed by atoms with E-state index in [-0.39, 0.29) is 24.3 Å². The van der Waals surface area contributed by atoms with E-state index in [1.807, 2.05) is 5.57 Å². The molecule has 0 aromatic heterocycles. The number of hydrogen-bond acceptors (Lipinski definition) is 3. The lowest BCUT2D eigenvalue weighted by atomic mass is 9.47. The van der Waals surface area contributed by atoms with E-state index in [9.17, 15) is 4.79 Å². The van der Waals surface area contributed by atoms with Crippen molar-refractivity contribution in [2.24, 2.45) is 75.9 Å². The van der Waals surface area contributed by atoms with E-state index in [0.29, 0.717) is 34.5 Å². The van der Waals surface area contributed by atoms with E-state index in [1.165, 1.54) is 57.8 Å². The molecule has 5 aliphatic carbocycles. The number of carbonyl (C=O) groups excluding carboxylic acids is 1. The lowest BCUT2D eigenvalue weighted by molar-refractivity contribution is -0.240. The summed E-state index contributed by atoms with van der Waals surface area (Å²) in [4.78, 5) is 12.9. The Hall–Kier alpha value is -0.830. The van der Waals surface area contributed by atoms with Gasteiger partial charge >= 0.3 is 5.97 Å². The molecule has 14 atom stereocenters. The van der Waals surface area contributed by atoms with Gasteiger partial charge in [0.05, 0.1) is 12.0 Å². The highest BCUT2D eigenvalue weighted by atomic mass is 16.7. The van der Waals surface area contributed by atoms with Crippen LogP contribution in [0, 0.1) is 75.9 Å². The number of cyclic esters (lactones) is 1. The fourth-order valence-electron chi connectivity index (χ4n) is 12.3. The second-order valence-corrected chi connectivity index (χ2v) is 17.4. The summed E-state index contributed by atoms with van der Waals surface area (Å²) in [6.45, 7) is 19.7. The number of fused-ring (bicyclic) bond motifs is 6. The van der Waals surface area contributed by atoms with Gasteiger partial charge in [0.1, 0.15) is 0 Å². The Morgan fingerprint density at radius 1 is 0.952 bits per heavy atom.